The Hall–Kier alpha value is -3.24. The second-order valence-electron chi connectivity index (χ2n) is 8.14. The van der Waals surface area contributed by atoms with Crippen LogP contribution >= 0.6 is 0 Å². The van der Waals surface area contributed by atoms with Crippen molar-refractivity contribution in [2.24, 2.45) is 0 Å². The lowest BCUT2D eigenvalue weighted by Gasteiger charge is -2.25. The lowest BCUT2D eigenvalue weighted by atomic mass is 9.79. The largest absolute Gasteiger partial charge is 0.508 e. The number of hydrogen-bond acceptors (Lipinski definition) is 4. The van der Waals surface area contributed by atoms with Crippen LogP contribution in [0.3, 0.4) is 0 Å². The van der Waals surface area contributed by atoms with E-state index in [0.717, 1.165) is 60.5 Å². The molecule has 1 aliphatic carbocycles. The van der Waals surface area contributed by atoms with Crippen molar-refractivity contribution in [3.63, 3.8) is 0 Å². The summed E-state index contributed by atoms with van der Waals surface area (Å²) >= 11 is 0. The van der Waals surface area contributed by atoms with Crippen molar-refractivity contribution in [1.82, 2.24) is 4.90 Å². The van der Waals surface area contributed by atoms with Gasteiger partial charge in [-0.15, -0.1) is 0 Å². The summed E-state index contributed by atoms with van der Waals surface area (Å²) in [5.74, 6) is 1.39. The molecule has 0 saturated carbocycles. The highest BCUT2D eigenvalue weighted by molar-refractivity contribution is 6.01. The summed E-state index contributed by atoms with van der Waals surface area (Å²) in [6, 6.07) is 21.3. The number of aromatic hydroxyl groups is 2. The molecule has 2 N–H and O–H groups in total. The fourth-order valence-electron chi connectivity index (χ4n) is 4.39. The molecule has 32 heavy (non-hydrogen) atoms. The number of phenolic OH excluding ortho intramolecular Hbond substituents is 2. The Bertz CT molecular complexity index is 1080. The molecule has 3 aromatic carbocycles. The highest BCUT2D eigenvalue weighted by Crippen LogP contribution is 2.42. The molecule has 0 saturated heterocycles. The molecule has 4 heteroatoms. The van der Waals surface area contributed by atoms with Crippen LogP contribution in [0.15, 0.2) is 66.7 Å². The summed E-state index contributed by atoms with van der Waals surface area (Å²) in [6.45, 7) is 7.96. The van der Waals surface area contributed by atoms with Gasteiger partial charge in [0, 0.05) is 6.54 Å². The van der Waals surface area contributed by atoms with Gasteiger partial charge in [0.15, 0.2) is 0 Å². The zero-order chi connectivity index (χ0) is 22.5. The van der Waals surface area contributed by atoms with Gasteiger partial charge in [-0.1, -0.05) is 44.2 Å². The average Bonchev–Trinajstić information content (AvgIpc) is 2.82. The van der Waals surface area contributed by atoms with Crippen molar-refractivity contribution in [2.45, 2.75) is 26.7 Å². The van der Waals surface area contributed by atoms with Crippen LogP contribution in [0.4, 0.5) is 0 Å². The first-order valence-corrected chi connectivity index (χ1v) is 11.4. The van der Waals surface area contributed by atoms with E-state index in [0.29, 0.717) is 6.61 Å². The lowest BCUT2D eigenvalue weighted by molar-refractivity contribution is 0.223. The van der Waals surface area contributed by atoms with E-state index in [9.17, 15) is 10.2 Å². The summed E-state index contributed by atoms with van der Waals surface area (Å²) < 4.78 is 5.97. The number of allylic oxidation sites excluding steroid dienone is 1. The quantitative estimate of drug-likeness (QED) is 0.481. The molecule has 0 spiro atoms. The Kier molecular flexibility index (Phi) is 6.81. The summed E-state index contributed by atoms with van der Waals surface area (Å²) in [4.78, 5) is 2.34. The van der Waals surface area contributed by atoms with Gasteiger partial charge >= 0.3 is 0 Å². The molecule has 4 rings (SSSR count). The smallest absolute Gasteiger partial charge is 0.119 e. The highest BCUT2D eigenvalue weighted by Gasteiger charge is 2.22. The van der Waals surface area contributed by atoms with Gasteiger partial charge < -0.3 is 19.8 Å². The van der Waals surface area contributed by atoms with Gasteiger partial charge in [0.1, 0.15) is 23.9 Å². The lowest BCUT2D eigenvalue weighted by Crippen LogP contribution is -2.27. The van der Waals surface area contributed by atoms with Crippen molar-refractivity contribution in [2.75, 3.05) is 26.2 Å². The maximum absolute atomic E-state index is 10.2. The second-order valence-corrected chi connectivity index (χ2v) is 8.14. The number of hydrogen-bond donors (Lipinski definition) is 2. The molecule has 0 unspecified atom stereocenters. The van der Waals surface area contributed by atoms with E-state index in [1.165, 1.54) is 11.1 Å². The molecule has 0 bridgehead atoms. The highest BCUT2D eigenvalue weighted by atomic mass is 16.5. The molecular weight excluding hydrogens is 398 g/mol. The normalized spacial score (nSPS) is 13.3. The van der Waals surface area contributed by atoms with Gasteiger partial charge in [-0.25, -0.2) is 0 Å². The Morgan fingerprint density at radius 2 is 1.44 bits per heavy atom. The predicted octanol–water partition coefficient (Wildman–Crippen LogP) is 5.72. The first-order chi connectivity index (χ1) is 15.6. The zero-order valence-electron chi connectivity index (χ0n) is 18.8. The number of rotatable bonds is 8. The standard InChI is InChI=1S/C28H31NO3/c1-3-29(4-2)17-18-32-25-14-8-22(9-15-25)28-26(20-5-11-23(30)12-6-20)16-10-21-7-13-24(31)19-27(21)28/h5-9,11-15,19,30-31H,3-4,10,16-18H2,1-2H3. The van der Waals surface area contributed by atoms with E-state index in [4.69, 9.17) is 4.74 Å². The van der Waals surface area contributed by atoms with Crippen molar-refractivity contribution in [1.29, 1.82) is 0 Å². The van der Waals surface area contributed by atoms with E-state index in [1.54, 1.807) is 18.2 Å². The van der Waals surface area contributed by atoms with Crippen molar-refractivity contribution >= 4 is 11.1 Å². The molecule has 0 heterocycles. The molecule has 0 amide bonds. The zero-order valence-corrected chi connectivity index (χ0v) is 18.8. The van der Waals surface area contributed by atoms with Gasteiger partial charge in [-0.3, -0.25) is 0 Å². The fourth-order valence-corrected chi connectivity index (χ4v) is 4.39. The molecule has 1 aliphatic rings. The number of fused-ring (bicyclic) bond motifs is 1. The van der Waals surface area contributed by atoms with E-state index < -0.39 is 0 Å². The van der Waals surface area contributed by atoms with E-state index >= 15 is 0 Å². The number of ether oxygens (including phenoxy) is 1. The number of likely N-dealkylation sites (N-methyl/N-ethyl adjacent to an activating group) is 1. The summed E-state index contributed by atoms with van der Waals surface area (Å²) in [7, 11) is 0. The Morgan fingerprint density at radius 1 is 0.781 bits per heavy atom. The Morgan fingerprint density at radius 3 is 2.12 bits per heavy atom. The van der Waals surface area contributed by atoms with Gasteiger partial charge in [-0.05, 0) is 95.7 Å². The Labute approximate surface area is 190 Å². The van der Waals surface area contributed by atoms with E-state index in [2.05, 4.69) is 30.9 Å². The monoisotopic (exact) mass is 429 g/mol. The van der Waals surface area contributed by atoms with Crippen molar-refractivity contribution in [3.8, 4) is 17.2 Å². The third-order valence-electron chi connectivity index (χ3n) is 6.24. The fraction of sp³-hybridized carbons (Fsp3) is 0.286. The number of benzene rings is 3. The Balaban J connectivity index is 1.67. The molecule has 4 nitrogen and oxygen atoms in total. The van der Waals surface area contributed by atoms with Crippen LogP contribution < -0.4 is 4.74 Å². The number of nitrogens with zero attached hydrogens (tertiary/aromatic N) is 1. The molecule has 3 aromatic rings. The third kappa shape index (κ3) is 4.81. The average molecular weight is 430 g/mol. The number of phenols is 2. The first-order valence-electron chi connectivity index (χ1n) is 11.4. The van der Waals surface area contributed by atoms with Crippen LogP contribution in [0, 0.1) is 0 Å². The van der Waals surface area contributed by atoms with Crippen LogP contribution in [0.25, 0.3) is 11.1 Å². The van der Waals surface area contributed by atoms with Crippen LogP contribution in [0.1, 0.15) is 42.5 Å². The van der Waals surface area contributed by atoms with Gasteiger partial charge in [-0.2, -0.15) is 0 Å². The minimum atomic E-state index is 0.260. The molecule has 0 fully saturated rings. The van der Waals surface area contributed by atoms with E-state index in [1.807, 2.05) is 36.4 Å². The summed E-state index contributed by atoms with van der Waals surface area (Å²) in [6.07, 6.45) is 1.82. The van der Waals surface area contributed by atoms with Crippen molar-refractivity contribution < 1.29 is 14.9 Å². The molecule has 0 aromatic heterocycles. The molecule has 0 atom stereocenters. The third-order valence-corrected chi connectivity index (χ3v) is 6.24. The van der Waals surface area contributed by atoms with Crippen LogP contribution in [-0.4, -0.2) is 41.4 Å². The molecular formula is C28H31NO3. The summed E-state index contributed by atoms with van der Waals surface area (Å²) in [5.41, 5.74) is 6.83. The number of aryl methyl sites for hydroxylation is 1. The van der Waals surface area contributed by atoms with Gasteiger partial charge in [0.2, 0.25) is 0 Å². The predicted molar refractivity (Wildman–Crippen MR) is 130 cm³/mol. The van der Waals surface area contributed by atoms with Crippen LogP contribution in [0.5, 0.6) is 17.2 Å². The maximum atomic E-state index is 10.2. The van der Waals surface area contributed by atoms with Crippen molar-refractivity contribution in [3.05, 3.63) is 89.0 Å². The van der Waals surface area contributed by atoms with Gasteiger partial charge in [0.05, 0.1) is 0 Å². The molecule has 0 radical (unpaired) electrons. The topological polar surface area (TPSA) is 52.9 Å². The van der Waals surface area contributed by atoms with Crippen LogP contribution in [-0.2, 0) is 6.42 Å². The minimum absolute atomic E-state index is 0.260. The SMILES string of the molecule is CCN(CC)CCOc1ccc(C2=C(c3ccc(O)cc3)CCc3ccc(O)cc32)cc1. The van der Waals surface area contributed by atoms with Gasteiger partial charge in [0.25, 0.3) is 0 Å². The molecule has 166 valence electrons. The first kappa shape index (κ1) is 22.0. The minimum Gasteiger partial charge on any atom is -0.508 e. The molecule has 0 aliphatic heterocycles. The second kappa shape index (κ2) is 9.92. The van der Waals surface area contributed by atoms with Crippen LogP contribution in [0.2, 0.25) is 0 Å². The van der Waals surface area contributed by atoms with E-state index in [-0.39, 0.29) is 11.5 Å². The summed E-state index contributed by atoms with van der Waals surface area (Å²) in [5, 5.41) is 19.9. The maximum Gasteiger partial charge on any atom is 0.119 e.